The van der Waals surface area contributed by atoms with Gasteiger partial charge in [-0.2, -0.15) is 0 Å². The van der Waals surface area contributed by atoms with Gasteiger partial charge in [-0.05, 0) is 28.5 Å². The zero-order chi connectivity index (χ0) is 15.3. The number of fused-ring (bicyclic) bond motifs is 3. The largest absolute Gasteiger partial charge is 0.692 e. The van der Waals surface area contributed by atoms with E-state index in [9.17, 15) is 15.3 Å². The van der Waals surface area contributed by atoms with Gasteiger partial charge in [0.1, 0.15) is 5.52 Å². The lowest BCUT2D eigenvalue weighted by atomic mass is 10.3. The summed E-state index contributed by atoms with van der Waals surface area (Å²) in [5, 5.41) is 35.0. The van der Waals surface area contributed by atoms with Gasteiger partial charge in [0.2, 0.25) is 11.2 Å². The predicted molar refractivity (Wildman–Crippen MR) is 72.0 cm³/mol. The number of aromatic nitrogens is 5. The lowest BCUT2D eigenvalue weighted by Gasteiger charge is -2.03. The van der Waals surface area contributed by atoms with E-state index in [4.69, 9.17) is 0 Å². The van der Waals surface area contributed by atoms with Gasteiger partial charge in [-0.3, -0.25) is 10.1 Å². The normalized spacial score (nSPS) is 11.3. The molecule has 0 aliphatic carbocycles. The summed E-state index contributed by atoms with van der Waals surface area (Å²) >= 11 is 0. The van der Waals surface area contributed by atoms with Crippen molar-refractivity contribution in [1.29, 1.82) is 0 Å². The summed E-state index contributed by atoms with van der Waals surface area (Å²) in [6.45, 7) is 0. The van der Waals surface area contributed by atoms with Crippen molar-refractivity contribution in [2.24, 2.45) is 0 Å². The number of nitro groups is 1. The van der Waals surface area contributed by atoms with Crippen LogP contribution in [0.3, 0.4) is 0 Å². The van der Waals surface area contributed by atoms with Crippen LogP contribution in [0, 0.1) is 15.3 Å². The van der Waals surface area contributed by atoms with Gasteiger partial charge >= 0.3 is 5.69 Å². The predicted octanol–water partition coefficient (Wildman–Crippen LogP) is 1.10. The van der Waals surface area contributed by atoms with Crippen molar-refractivity contribution in [2.45, 2.75) is 0 Å². The van der Waals surface area contributed by atoms with Crippen molar-refractivity contribution < 1.29 is 14.4 Å². The number of hydrogen-bond acceptors (Lipinski definition) is 7. The van der Waals surface area contributed by atoms with E-state index < -0.39 is 4.92 Å². The minimum atomic E-state index is -0.574. The number of para-hydroxylation sites is 2. The van der Waals surface area contributed by atoms with Crippen molar-refractivity contribution in [3.8, 4) is 5.69 Å². The van der Waals surface area contributed by atoms with Gasteiger partial charge in [0.15, 0.2) is 5.52 Å². The number of nitrogens with zero attached hydrogens (tertiary/aromatic N) is 6. The molecule has 0 N–H and O–H groups in total. The van der Waals surface area contributed by atoms with E-state index in [0.717, 1.165) is 4.80 Å². The van der Waals surface area contributed by atoms with E-state index in [1.807, 2.05) is 0 Å². The van der Waals surface area contributed by atoms with Gasteiger partial charge in [-0.1, -0.05) is 12.1 Å². The Labute approximate surface area is 120 Å². The average molecular weight is 298 g/mol. The molecule has 22 heavy (non-hydrogen) atoms. The van der Waals surface area contributed by atoms with Gasteiger partial charge in [0.25, 0.3) is 5.52 Å². The van der Waals surface area contributed by atoms with Crippen molar-refractivity contribution in [3.05, 3.63) is 51.7 Å². The molecule has 0 saturated carbocycles. The number of rotatable bonds is 2. The van der Waals surface area contributed by atoms with E-state index in [-0.39, 0.29) is 22.4 Å². The Morgan fingerprint density at radius 2 is 1.95 bits per heavy atom. The molecule has 0 aliphatic rings. The summed E-state index contributed by atoms with van der Waals surface area (Å²) < 4.78 is 4.62. The summed E-state index contributed by atoms with van der Waals surface area (Å²) in [4.78, 5) is 11.9. The van der Waals surface area contributed by atoms with Crippen LogP contribution < -0.4 is 4.85 Å². The first-order chi connectivity index (χ1) is 10.7. The van der Waals surface area contributed by atoms with Crippen LogP contribution in [0.5, 0.6) is 0 Å². The van der Waals surface area contributed by atoms with Gasteiger partial charge in [-0.15, -0.1) is 4.85 Å². The van der Waals surface area contributed by atoms with Crippen molar-refractivity contribution in [3.63, 3.8) is 0 Å². The molecule has 10 nitrogen and oxygen atoms in total. The van der Waals surface area contributed by atoms with Crippen LogP contribution in [0.25, 0.3) is 27.8 Å². The maximum absolute atomic E-state index is 12.4. The van der Waals surface area contributed by atoms with Crippen LogP contribution in [0.4, 0.5) is 5.69 Å². The monoisotopic (exact) mass is 298 g/mol. The van der Waals surface area contributed by atoms with Crippen LogP contribution in [0.1, 0.15) is 0 Å². The van der Waals surface area contributed by atoms with Crippen molar-refractivity contribution in [2.75, 3.05) is 0 Å². The molecule has 2 heterocycles. The highest BCUT2D eigenvalue weighted by molar-refractivity contribution is 5.97. The topological polar surface area (TPSA) is 127 Å². The molecule has 0 unspecified atom stereocenters. The molecule has 0 bridgehead atoms. The van der Waals surface area contributed by atoms with Crippen LogP contribution in [-0.4, -0.2) is 25.1 Å². The van der Waals surface area contributed by atoms with Crippen LogP contribution in [0.2, 0.25) is 0 Å². The molecule has 10 heteroatoms. The first kappa shape index (κ1) is 12.2. The van der Waals surface area contributed by atoms with Crippen molar-refractivity contribution in [1.82, 2.24) is 20.2 Å². The third kappa shape index (κ3) is 1.54. The highest BCUT2D eigenvalue weighted by Gasteiger charge is 2.26. The molecule has 0 amide bonds. The van der Waals surface area contributed by atoms with E-state index in [1.54, 1.807) is 12.1 Å². The van der Waals surface area contributed by atoms with Crippen LogP contribution >= 0.6 is 0 Å². The molecule has 4 aromatic rings. The van der Waals surface area contributed by atoms with E-state index in [0.29, 0.717) is 15.9 Å². The number of hydrogen-bond donors (Lipinski definition) is 0. The standard InChI is InChI=1S/C12H6N6O4/c19-17-10-6-5-7-11(15-22-14-7)12(10)13-16(17)8-3-1-2-4-9(8)18(20)21/h1-6H. The van der Waals surface area contributed by atoms with E-state index >= 15 is 0 Å². The molecule has 0 atom stereocenters. The summed E-state index contributed by atoms with van der Waals surface area (Å²) in [5.41, 5.74) is 1.06. The summed E-state index contributed by atoms with van der Waals surface area (Å²) in [5.74, 6) is 0. The Hall–Kier alpha value is -3.56. The fourth-order valence-corrected chi connectivity index (χ4v) is 2.26. The quantitative estimate of drug-likeness (QED) is 0.234. The highest BCUT2D eigenvalue weighted by atomic mass is 16.6. The molecule has 2 aromatic heterocycles. The molecule has 0 fully saturated rings. The second kappa shape index (κ2) is 4.22. The molecule has 108 valence electrons. The Kier molecular flexibility index (Phi) is 2.34. The first-order valence-corrected chi connectivity index (χ1v) is 6.14. The van der Waals surface area contributed by atoms with Crippen molar-refractivity contribution >= 4 is 27.8 Å². The van der Waals surface area contributed by atoms with Gasteiger partial charge < -0.3 is 5.21 Å². The fourth-order valence-electron chi connectivity index (χ4n) is 2.26. The maximum atomic E-state index is 12.4. The fraction of sp³-hybridized carbons (Fsp3) is 0. The molecule has 2 aromatic carbocycles. The SMILES string of the molecule is O=[N+]([O-])c1ccccc1-n1nc2c3nonc3ccc2[n+]1[O-]. The summed E-state index contributed by atoms with van der Waals surface area (Å²) in [7, 11) is 0. The zero-order valence-electron chi connectivity index (χ0n) is 10.8. The minimum Gasteiger partial charge on any atom is -0.692 e. The summed E-state index contributed by atoms with van der Waals surface area (Å²) in [6, 6.07) is 8.91. The zero-order valence-corrected chi connectivity index (χ0v) is 10.8. The minimum absolute atomic E-state index is 0.0586. The summed E-state index contributed by atoms with van der Waals surface area (Å²) in [6.07, 6.45) is 0. The molecule has 4 rings (SSSR count). The smallest absolute Gasteiger partial charge is 0.300 e. The first-order valence-electron chi connectivity index (χ1n) is 6.14. The van der Waals surface area contributed by atoms with E-state index in [1.165, 1.54) is 24.3 Å². The third-order valence-corrected chi connectivity index (χ3v) is 3.25. The molecular formula is C12H6N6O4. The molecule has 0 aliphatic heterocycles. The van der Waals surface area contributed by atoms with Crippen LogP contribution in [-0.2, 0) is 0 Å². The Morgan fingerprint density at radius 3 is 2.77 bits per heavy atom. The highest BCUT2D eigenvalue weighted by Crippen LogP contribution is 2.23. The van der Waals surface area contributed by atoms with Gasteiger partial charge in [0.05, 0.1) is 10.0 Å². The Morgan fingerprint density at radius 1 is 1.14 bits per heavy atom. The molecule has 0 radical (unpaired) electrons. The maximum Gasteiger partial charge on any atom is 0.300 e. The van der Waals surface area contributed by atoms with Crippen LogP contribution in [0.15, 0.2) is 41.0 Å². The number of nitro benzene ring substituents is 1. The lowest BCUT2D eigenvalue weighted by Crippen LogP contribution is -2.37. The second-order valence-corrected chi connectivity index (χ2v) is 4.47. The van der Waals surface area contributed by atoms with E-state index in [2.05, 4.69) is 20.0 Å². The average Bonchev–Trinajstić information content (AvgIpc) is 3.11. The van der Waals surface area contributed by atoms with Gasteiger partial charge in [-0.25, -0.2) is 4.63 Å². The number of benzene rings is 2. The lowest BCUT2D eigenvalue weighted by molar-refractivity contribution is -0.665. The molecule has 0 saturated heterocycles. The molecule has 0 spiro atoms. The van der Waals surface area contributed by atoms with Gasteiger partial charge in [0, 0.05) is 10.9 Å². The Bertz CT molecular complexity index is 1040. The Balaban J connectivity index is 2.08. The second-order valence-electron chi connectivity index (χ2n) is 4.47. The molecular weight excluding hydrogens is 292 g/mol. The third-order valence-electron chi connectivity index (χ3n) is 3.25.